The van der Waals surface area contributed by atoms with Gasteiger partial charge in [0.2, 0.25) is 0 Å². The van der Waals surface area contributed by atoms with Gasteiger partial charge < -0.3 is 15.2 Å². The third-order valence-corrected chi connectivity index (χ3v) is 3.87. The first-order valence-electron chi connectivity index (χ1n) is 6.97. The SMILES string of the molecule is CC(C)Oc1ccc(C(O)CNc2ncc(C(F)(F)F)s2)cc1. The highest BCUT2D eigenvalue weighted by Gasteiger charge is 2.33. The molecule has 0 bridgehead atoms. The normalized spacial score (nSPS) is 13.2. The zero-order valence-electron chi connectivity index (χ0n) is 12.6. The van der Waals surface area contributed by atoms with Gasteiger partial charge in [-0.1, -0.05) is 23.5 Å². The average molecular weight is 346 g/mol. The van der Waals surface area contributed by atoms with Crippen LogP contribution in [-0.4, -0.2) is 22.7 Å². The Labute approximate surface area is 135 Å². The third kappa shape index (κ3) is 5.11. The lowest BCUT2D eigenvalue weighted by Gasteiger charge is -2.13. The predicted molar refractivity (Wildman–Crippen MR) is 82.8 cm³/mol. The van der Waals surface area contributed by atoms with Crippen LogP contribution in [0, 0.1) is 0 Å². The number of nitrogens with zero attached hydrogens (tertiary/aromatic N) is 1. The van der Waals surface area contributed by atoms with Gasteiger partial charge in [0, 0.05) is 6.54 Å². The molecule has 0 saturated carbocycles. The summed E-state index contributed by atoms with van der Waals surface area (Å²) in [4.78, 5) is 2.88. The standard InChI is InChI=1S/C15H17F3N2O2S/c1-9(2)22-11-5-3-10(4-6-11)12(21)7-19-14-20-8-13(23-14)15(16,17)18/h3-6,8-9,12,21H,7H2,1-2H3,(H,19,20). The highest BCUT2D eigenvalue weighted by molar-refractivity contribution is 7.15. The lowest BCUT2D eigenvalue weighted by Crippen LogP contribution is -2.12. The van der Waals surface area contributed by atoms with E-state index in [4.69, 9.17) is 4.74 Å². The lowest BCUT2D eigenvalue weighted by atomic mass is 10.1. The van der Waals surface area contributed by atoms with Crippen molar-refractivity contribution >= 4 is 16.5 Å². The van der Waals surface area contributed by atoms with Gasteiger partial charge in [0.1, 0.15) is 10.6 Å². The smallest absolute Gasteiger partial charge is 0.427 e. The molecule has 0 amide bonds. The van der Waals surface area contributed by atoms with Crippen LogP contribution in [0.15, 0.2) is 30.5 Å². The highest BCUT2D eigenvalue weighted by Crippen LogP contribution is 2.35. The maximum Gasteiger partial charge on any atom is 0.427 e. The van der Waals surface area contributed by atoms with Crippen molar-refractivity contribution in [2.24, 2.45) is 0 Å². The van der Waals surface area contributed by atoms with E-state index in [1.54, 1.807) is 24.3 Å². The topological polar surface area (TPSA) is 54.4 Å². The molecule has 2 N–H and O–H groups in total. The molecular formula is C15H17F3N2O2S. The first-order chi connectivity index (χ1) is 10.8. The number of rotatable bonds is 6. The van der Waals surface area contributed by atoms with E-state index in [0.717, 1.165) is 6.20 Å². The van der Waals surface area contributed by atoms with Crippen LogP contribution in [0.5, 0.6) is 5.75 Å². The van der Waals surface area contributed by atoms with Crippen molar-refractivity contribution in [3.63, 3.8) is 0 Å². The number of benzene rings is 1. The van der Waals surface area contributed by atoms with Crippen LogP contribution in [0.3, 0.4) is 0 Å². The zero-order chi connectivity index (χ0) is 17.0. The number of aromatic nitrogens is 1. The Bertz CT molecular complexity index is 626. The van der Waals surface area contributed by atoms with Gasteiger partial charge in [-0.15, -0.1) is 0 Å². The molecule has 0 spiro atoms. The molecule has 126 valence electrons. The largest absolute Gasteiger partial charge is 0.491 e. The molecule has 0 aliphatic heterocycles. The number of thiazole rings is 1. The van der Waals surface area contributed by atoms with Crippen LogP contribution in [0.2, 0.25) is 0 Å². The second-order valence-corrected chi connectivity index (χ2v) is 6.19. The molecular weight excluding hydrogens is 329 g/mol. The summed E-state index contributed by atoms with van der Waals surface area (Å²) in [6.07, 6.45) is -4.43. The summed E-state index contributed by atoms with van der Waals surface area (Å²) in [6, 6.07) is 6.91. The zero-order valence-corrected chi connectivity index (χ0v) is 13.4. The first kappa shape index (κ1) is 17.6. The van der Waals surface area contributed by atoms with Crippen LogP contribution in [-0.2, 0) is 6.18 Å². The molecule has 23 heavy (non-hydrogen) atoms. The molecule has 0 aliphatic rings. The molecule has 0 aliphatic carbocycles. The van der Waals surface area contributed by atoms with Crippen molar-refractivity contribution in [2.45, 2.75) is 32.2 Å². The van der Waals surface area contributed by atoms with Crippen molar-refractivity contribution in [1.29, 1.82) is 0 Å². The summed E-state index contributed by atoms with van der Waals surface area (Å²) in [7, 11) is 0. The summed E-state index contributed by atoms with van der Waals surface area (Å²) in [5.41, 5.74) is 0.640. The second-order valence-electron chi connectivity index (χ2n) is 5.16. The highest BCUT2D eigenvalue weighted by atomic mass is 32.1. The van der Waals surface area contributed by atoms with E-state index >= 15 is 0 Å². The summed E-state index contributed by atoms with van der Waals surface area (Å²) in [5.74, 6) is 0.693. The molecule has 1 atom stereocenters. The van der Waals surface area contributed by atoms with Crippen LogP contribution in [0.1, 0.15) is 30.4 Å². The van der Waals surface area contributed by atoms with E-state index < -0.39 is 17.2 Å². The Morgan fingerprint density at radius 2 is 1.91 bits per heavy atom. The number of anilines is 1. The Kier molecular flexibility index (Phi) is 5.48. The summed E-state index contributed by atoms with van der Waals surface area (Å²) in [5, 5.41) is 12.9. The number of aliphatic hydroxyl groups is 1. The average Bonchev–Trinajstić information content (AvgIpc) is 2.94. The van der Waals surface area contributed by atoms with E-state index in [0.29, 0.717) is 22.6 Å². The summed E-state index contributed by atoms with van der Waals surface area (Å²) >= 11 is 0.508. The number of ether oxygens (including phenoxy) is 1. The van der Waals surface area contributed by atoms with E-state index in [-0.39, 0.29) is 17.8 Å². The van der Waals surface area contributed by atoms with Gasteiger partial charge in [-0.3, -0.25) is 0 Å². The van der Waals surface area contributed by atoms with E-state index in [1.165, 1.54) is 0 Å². The summed E-state index contributed by atoms with van der Waals surface area (Å²) in [6.45, 7) is 3.89. The third-order valence-electron chi connectivity index (χ3n) is 2.87. The quantitative estimate of drug-likeness (QED) is 0.827. The Balaban J connectivity index is 1.91. The van der Waals surface area contributed by atoms with Gasteiger partial charge in [-0.05, 0) is 31.5 Å². The number of hydrogen-bond donors (Lipinski definition) is 2. The van der Waals surface area contributed by atoms with Gasteiger partial charge in [-0.25, -0.2) is 4.98 Å². The summed E-state index contributed by atoms with van der Waals surface area (Å²) < 4.78 is 42.9. The minimum Gasteiger partial charge on any atom is -0.491 e. The second kappa shape index (κ2) is 7.18. The van der Waals surface area contributed by atoms with Crippen molar-refractivity contribution < 1.29 is 23.0 Å². The molecule has 0 fully saturated rings. The molecule has 1 heterocycles. The van der Waals surface area contributed by atoms with E-state index in [2.05, 4.69) is 10.3 Å². The molecule has 0 saturated heterocycles. The first-order valence-corrected chi connectivity index (χ1v) is 7.79. The van der Waals surface area contributed by atoms with Crippen LogP contribution >= 0.6 is 11.3 Å². The Hall–Kier alpha value is -1.80. The fraction of sp³-hybridized carbons (Fsp3) is 0.400. The molecule has 2 aromatic rings. The van der Waals surface area contributed by atoms with E-state index in [1.807, 2.05) is 13.8 Å². The van der Waals surface area contributed by atoms with Gasteiger partial charge >= 0.3 is 6.18 Å². The van der Waals surface area contributed by atoms with Crippen LogP contribution < -0.4 is 10.1 Å². The van der Waals surface area contributed by atoms with Crippen molar-refractivity contribution in [3.05, 3.63) is 40.9 Å². The lowest BCUT2D eigenvalue weighted by molar-refractivity contribution is -0.134. The van der Waals surface area contributed by atoms with Gasteiger partial charge in [-0.2, -0.15) is 13.2 Å². The predicted octanol–water partition coefficient (Wildman–Crippen LogP) is 4.09. The maximum absolute atomic E-state index is 12.5. The fourth-order valence-corrected chi connectivity index (χ4v) is 2.52. The van der Waals surface area contributed by atoms with Crippen molar-refractivity contribution in [2.75, 3.05) is 11.9 Å². The Morgan fingerprint density at radius 1 is 1.26 bits per heavy atom. The number of hydrogen-bond acceptors (Lipinski definition) is 5. The minimum atomic E-state index is -4.40. The maximum atomic E-state index is 12.5. The molecule has 0 radical (unpaired) electrons. The number of nitrogens with one attached hydrogen (secondary N) is 1. The minimum absolute atomic E-state index is 0.0557. The van der Waals surface area contributed by atoms with Gasteiger partial charge in [0.25, 0.3) is 0 Å². The number of aliphatic hydroxyl groups excluding tert-OH is 1. The molecule has 2 rings (SSSR count). The molecule has 4 nitrogen and oxygen atoms in total. The van der Waals surface area contributed by atoms with Gasteiger partial charge in [0.15, 0.2) is 5.13 Å². The molecule has 8 heteroatoms. The Morgan fingerprint density at radius 3 is 2.43 bits per heavy atom. The molecule has 1 unspecified atom stereocenters. The fourth-order valence-electron chi connectivity index (χ4n) is 1.83. The van der Waals surface area contributed by atoms with Gasteiger partial charge in [0.05, 0.1) is 18.4 Å². The monoisotopic (exact) mass is 346 g/mol. The number of alkyl halides is 3. The van der Waals surface area contributed by atoms with Crippen molar-refractivity contribution in [1.82, 2.24) is 4.98 Å². The van der Waals surface area contributed by atoms with Crippen LogP contribution in [0.25, 0.3) is 0 Å². The van der Waals surface area contributed by atoms with Crippen LogP contribution in [0.4, 0.5) is 18.3 Å². The van der Waals surface area contributed by atoms with Crippen molar-refractivity contribution in [3.8, 4) is 5.75 Å². The van der Waals surface area contributed by atoms with E-state index in [9.17, 15) is 18.3 Å². The molecule has 1 aromatic carbocycles. The molecule has 1 aromatic heterocycles. The number of halogens is 3.